The first-order chi connectivity index (χ1) is 13.1. The van der Waals surface area contributed by atoms with E-state index in [0.29, 0.717) is 11.6 Å². The highest BCUT2D eigenvalue weighted by Gasteiger charge is 2.34. The molecule has 0 aliphatic heterocycles. The Morgan fingerprint density at radius 2 is 2.04 bits per heavy atom. The zero-order chi connectivity index (χ0) is 19.6. The SMILES string of the molecule is CCCCC(C(=O)c1nnc(SCCN(C)C)o1)N(C=O)C1CCCCC1. The largest absolute Gasteiger partial charge is 0.408 e. The van der Waals surface area contributed by atoms with Crippen LogP contribution in [-0.4, -0.2) is 70.7 Å². The molecule has 1 unspecified atom stereocenters. The number of amides is 1. The second-order valence-corrected chi connectivity index (χ2v) is 8.44. The fraction of sp³-hybridized carbons (Fsp3) is 0.789. The van der Waals surface area contributed by atoms with E-state index in [0.717, 1.165) is 57.2 Å². The molecule has 0 bridgehead atoms. The number of hydrogen-bond acceptors (Lipinski definition) is 7. The molecule has 8 heteroatoms. The van der Waals surface area contributed by atoms with Crippen LogP contribution in [0.25, 0.3) is 0 Å². The summed E-state index contributed by atoms with van der Waals surface area (Å²) < 4.78 is 5.60. The molecular weight excluding hydrogens is 364 g/mol. The minimum atomic E-state index is -0.509. The van der Waals surface area contributed by atoms with Gasteiger partial charge in [0.15, 0.2) is 0 Å². The molecule has 0 aromatic carbocycles. The molecule has 7 nitrogen and oxygen atoms in total. The van der Waals surface area contributed by atoms with Crippen molar-refractivity contribution in [3.05, 3.63) is 5.89 Å². The fourth-order valence-electron chi connectivity index (χ4n) is 3.43. The van der Waals surface area contributed by atoms with Gasteiger partial charge in [-0.05, 0) is 33.4 Å². The molecule has 2 rings (SSSR count). The lowest BCUT2D eigenvalue weighted by atomic mass is 9.92. The summed E-state index contributed by atoms with van der Waals surface area (Å²) in [7, 11) is 4.00. The van der Waals surface area contributed by atoms with Gasteiger partial charge in [0, 0.05) is 18.3 Å². The number of thioether (sulfide) groups is 1. The van der Waals surface area contributed by atoms with E-state index in [1.807, 2.05) is 14.1 Å². The highest BCUT2D eigenvalue weighted by molar-refractivity contribution is 7.99. The van der Waals surface area contributed by atoms with Crippen LogP contribution < -0.4 is 0 Å². The first-order valence-corrected chi connectivity index (χ1v) is 10.9. The molecule has 1 heterocycles. The van der Waals surface area contributed by atoms with Gasteiger partial charge in [0.25, 0.3) is 11.1 Å². The number of unbranched alkanes of at least 4 members (excludes halogenated alkanes) is 1. The first-order valence-electron chi connectivity index (χ1n) is 9.94. The van der Waals surface area contributed by atoms with Crippen molar-refractivity contribution >= 4 is 24.0 Å². The van der Waals surface area contributed by atoms with Crippen LogP contribution in [0, 0.1) is 0 Å². The van der Waals surface area contributed by atoms with Crippen molar-refractivity contribution in [3.63, 3.8) is 0 Å². The molecular formula is C19H32N4O3S. The Morgan fingerprint density at radius 1 is 1.30 bits per heavy atom. The van der Waals surface area contributed by atoms with Crippen LogP contribution in [0.2, 0.25) is 0 Å². The number of ketones is 1. The molecule has 1 atom stereocenters. The maximum Gasteiger partial charge on any atom is 0.286 e. The van der Waals surface area contributed by atoms with Crippen molar-refractivity contribution < 1.29 is 14.0 Å². The Morgan fingerprint density at radius 3 is 2.67 bits per heavy atom. The number of rotatable bonds is 12. The van der Waals surface area contributed by atoms with Gasteiger partial charge in [0.05, 0.1) is 0 Å². The minimum Gasteiger partial charge on any atom is -0.408 e. The quantitative estimate of drug-likeness (QED) is 0.305. The topological polar surface area (TPSA) is 79.5 Å². The molecule has 1 fully saturated rings. The molecule has 1 amide bonds. The standard InChI is InChI=1S/C19H32N4O3S/c1-4-5-11-16(23(14-24)15-9-7-6-8-10-15)17(25)18-20-21-19(26-18)27-13-12-22(2)3/h14-16H,4-13H2,1-3H3. The van der Waals surface area contributed by atoms with E-state index >= 15 is 0 Å². The highest BCUT2D eigenvalue weighted by atomic mass is 32.2. The summed E-state index contributed by atoms with van der Waals surface area (Å²) in [5.41, 5.74) is 0. The monoisotopic (exact) mass is 396 g/mol. The molecule has 152 valence electrons. The van der Waals surface area contributed by atoms with Crippen molar-refractivity contribution in [2.45, 2.75) is 75.6 Å². The summed E-state index contributed by atoms with van der Waals surface area (Å²) in [6, 6.07) is -0.371. The number of hydrogen-bond donors (Lipinski definition) is 0. The van der Waals surface area contributed by atoms with E-state index in [4.69, 9.17) is 4.42 Å². The summed E-state index contributed by atoms with van der Waals surface area (Å²) in [4.78, 5) is 28.7. The number of carbonyl (C=O) groups is 2. The molecule has 1 saturated carbocycles. The number of aromatic nitrogens is 2. The van der Waals surface area contributed by atoms with Gasteiger partial charge >= 0.3 is 0 Å². The molecule has 1 aromatic heterocycles. The average Bonchev–Trinajstić information content (AvgIpc) is 3.14. The van der Waals surface area contributed by atoms with Gasteiger partial charge < -0.3 is 14.2 Å². The van der Waals surface area contributed by atoms with E-state index < -0.39 is 6.04 Å². The van der Waals surface area contributed by atoms with Gasteiger partial charge in [-0.2, -0.15) is 0 Å². The van der Waals surface area contributed by atoms with Crippen LogP contribution in [0.3, 0.4) is 0 Å². The van der Waals surface area contributed by atoms with Crippen molar-refractivity contribution in [1.82, 2.24) is 20.0 Å². The predicted octanol–water partition coefficient (Wildman–Crippen LogP) is 3.26. The lowest BCUT2D eigenvalue weighted by molar-refractivity contribution is -0.122. The van der Waals surface area contributed by atoms with Crippen molar-refractivity contribution in [1.29, 1.82) is 0 Å². The lowest BCUT2D eigenvalue weighted by Crippen LogP contribution is -2.47. The van der Waals surface area contributed by atoms with Gasteiger partial charge in [0.2, 0.25) is 12.2 Å². The molecule has 1 aliphatic carbocycles. The smallest absolute Gasteiger partial charge is 0.286 e. The summed E-state index contributed by atoms with van der Waals surface area (Å²) in [5, 5.41) is 8.36. The second-order valence-electron chi connectivity index (χ2n) is 7.39. The van der Waals surface area contributed by atoms with Crippen molar-refractivity contribution in [2.24, 2.45) is 0 Å². The van der Waals surface area contributed by atoms with Crippen molar-refractivity contribution in [2.75, 3.05) is 26.4 Å². The van der Waals surface area contributed by atoms with Crippen LogP contribution in [0.1, 0.15) is 69.0 Å². The molecule has 1 aliphatic rings. The fourth-order valence-corrected chi connectivity index (χ4v) is 4.30. The van der Waals surface area contributed by atoms with Crippen LogP contribution in [0.4, 0.5) is 0 Å². The zero-order valence-electron chi connectivity index (χ0n) is 16.7. The number of carbonyl (C=O) groups excluding carboxylic acids is 2. The molecule has 0 N–H and O–H groups in total. The molecule has 27 heavy (non-hydrogen) atoms. The summed E-state index contributed by atoms with van der Waals surface area (Å²) >= 11 is 1.44. The Labute approximate surface area is 166 Å². The van der Waals surface area contributed by atoms with Crippen molar-refractivity contribution in [3.8, 4) is 0 Å². The maximum absolute atomic E-state index is 13.1. The van der Waals surface area contributed by atoms with E-state index in [9.17, 15) is 9.59 Å². The minimum absolute atomic E-state index is 0.0196. The van der Waals surface area contributed by atoms with Crippen LogP contribution in [0.5, 0.6) is 0 Å². The molecule has 0 spiro atoms. The van der Waals surface area contributed by atoms with E-state index in [1.54, 1.807) is 4.90 Å². The third kappa shape index (κ3) is 6.60. The Hall–Kier alpha value is -1.41. The Kier molecular flexibility index (Phi) is 9.27. The van der Waals surface area contributed by atoms with Gasteiger partial charge in [-0.3, -0.25) is 9.59 Å². The van der Waals surface area contributed by atoms with Gasteiger partial charge in [-0.1, -0.05) is 50.8 Å². The summed E-state index contributed by atoms with van der Waals surface area (Å²) in [6.45, 7) is 2.97. The lowest BCUT2D eigenvalue weighted by Gasteiger charge is -2.36. The number of Topliss-reactive ketones (excluding diaryl/α,β-unsaturated/α-hetero) is 1. The van der Waals surface area contributed by atoms with Crippen LogP contribution >= 0.6 is 11.8 Å². The van der Waals surface area contributed by atoms with Gasteiger partial charge in [-0.15, -0.1) is 10.2 Å². The van der Waals surface area contributed by atoms with Gasteiger partial charge in [0.1, 0.15) is 6.04 Å². The molecule has 0 saturated heterocycles. The Bertz CT molecular complexity index is 587. The predicted molar refractivity (Wildman–Crippen MR) is 106 cm³/mol. The zero-order valence-corrected chi connectivity index (χ0v) is 17.5. The molecule has 1 aromatic rings. The summed E-state index contributed by atoms with van der Waals surface area (Å²) in [6.07, 6.45) is 8.67. The number of nitrogens with zero attached hydrogens (tertiary/aromatic N) is 4. The van der Waals surface area contributed by atoms with E-state index in [-0.39, 0.29) is 17.7 Å². The Balaban J connectivity index is 2.08. The summed E-state index contributed by atoms with van der Waals surface area (Å²) in [5.74, 6) is 0.601. The van der Waals surface area contributed by atoms with Crippen LogP contribution in [-0.2, 0) is 4.79 Å². The maximum atomic E-state index is 13.1. The normalized spacial score (nSPS) is 16.4. The van der Waals surface area contributed by atoms with E-state index in [2.05, 4.69) is 22.0 Å². The van der Waals surface area contributed by atoms with E-state index in [1.165, 1.54) is 18.2 Å². The third-order valence-corrected chi connectivity index (χ3v) is 5.79. The average molecular weight is 397 g/mol. The molecule has 0 radical (unpaired) electrons. The van der Waals surface area contributed by atoms with Crippen LogP contribution in [0.15, 0.2) is 9.64 Å². The first kappa shape index (κ1) is 21.9. The third-order valence-electron chi connectivity index (χ3n) is 4.99. The van der Waals surface area contributed by atoms with Gasteiger partial charge in [-0.25, -0.2) is 0 Å². The highest BCUT2D eigenvalue weighted by Crippen LogP contribution is 2.26. The second kappa shape index (κ2) is 11.4.